The number of rotatable bonds is 4. The second-order valence-electron chi connectivity index (χ2n) is 3.76. The summed E-state index contributed by atoms with van der Waals surface area (Å²) in [6.07, 6.45) is 4.82. The highest BCUT2D eigenvalue weighted by Crippen LogP contribution is 2.29. The number of ether oxygens (including phenoxy) is 1. The zero-order valence-corrected chi connectivity index (χ0v) is 10.8. The molecule has 0 amide bonds. The van der Waals surface area contributed by atoms with Gasteiger partial charge in [-0.15, -0.1) is 0 Å². The first-order valence-corrected chi connectivity index (χ1v) is 5.92. The number of aliphatic carboxylic acids is 1. The lowest BCUT2D eigenvalue weighted by Crippen LogP contribution is -1.93. The number of nitrogens with zero attached hydrogens (tertiary/aromatic N) is 1. The minimum absolute atomic E-state index is 0.0369. The van der Waals surface area contributed by atoms with Crippen molar-refractivity contribution in [2.75, 3.05) is 0 Å². The SMILES string of the molecule is O=C(O)/C=C/c1c(F)cccc1Oc1cncc(Cl)c1. The molecule has 0 aliphatic heterocycles. The topological polar surface area (TPSA) is 59.4 Å². The van der Waals surface area contributed by atoms with E-state index < -0.39 is 11.8 Å². The van der Waals surface area contributed by atoms with Crippen molar-refractivity contribution in [2.24, 2.45) is 0 Å². The molecule has 0 bridgehead atoms. The molecule has 0 spiro atoms. The van der Waals surface area contributed by atoms with E-state index in [1.807, 2.05) is 0 Å². The number of hydrogen-bond donors (Lipinski definition) is 1. The van der Waals surface area contributed by atoms with Crippen LogP contribution in [0.25, 0.3) is 6.08 Å². The fraction of sp³-hybridized carbons (Fsp3) is 0. The normalized spacial score (nSPS) is 10.7. The molecule has 4 nitrogen and oxygen atoms in total. The second kappa shape index (κ2) is 6.16. The third-order valence-electron chi connectivity index (χ3n) is 2.31. The van der Waals surface area contributed by atoms with Crippen molar-refractivity contribution in [1.29, 1.82) is 0 Å². The molecule has 6 heteroatoms. The van der Waals surface area contributed by atoms with Gasteiger partial charge in [-0.3, -0.25) is 4.98 Å². The van der Waals surface area contributed by atoms with Crippen LogP contribution < -0.4 is 4.74 Å². The molecule has 1 aromatic heterocycles. The van der Waals surface area contributed by atoms with Gasteiger partial charge >= 0.3 is 5.97 Å². The van der Waals surface area contributed by atoms with E-state index in [1.54, 1.807) is 0 Å². The Balaban J connectivity index is 2.36. The van der Waals surface area contributed by atoms with Gasteiger partial charge in [-0.1, -0.05) is 17.7 Å². The molecule has 1 aromatic carbocycles. The van der Waals surface area contributed by atoms with Gasteiger partial charge in [0.15, 0.2) is 0 Å². The summed E-state index contributed by atoms with van der Waals surface area (Å²) in [6.45, 7) is 0. The Kier molecular flexibility index (Phi) is 4.32. The third kappa shape index (κ3) is 3.55. The standard InChI is InChI=1S/C14H9ClFNO3/c15-9-6-10(8-17-7-9)20-13-3-1-2-12(16)11(13)4-5-14(18)19/h1-8H,(H,18,19)/b5-4+. The van der Waals surface area contributed by atoms with Crippen LogP contribution in [0.4, 0.5) is 4.39 Å². The van der Waals surface area contributed by atoms with Crippen LogP contribution in [0.2, 0.25) is 5.02 Å². The van der Waals surface area contributed by atoms with Crippen LogP contribution in [0.5, 0.6) is 11.5 Å². The number of pyridine rings is 1. The number of carboxylic acid groups (broad SMARTS) is 1. The molecule has 0 unspecified atom stereocenters. The quantitative estimate of drug-likeness (QED) is 0.872. The first-order chi connectivity index (χ1) is 9.56. The molecule has 102 valence electrons. The van der Waals surface area contributed by atoms with Crippen LogP contribution in [0.3, 0.4) is 0 Å². The number of halogens is 2. The molecule has 0 atom stereocenters. The molecule has 2 rings (SSSR count). The Morgan fingerprint density at radius 2 is 2.20 bits per heavy atom. The van der Waals surface area contributed by atoms with Gasteiger partial charge < -0.3 is 9.84 Å². The number of aromatic nitrogens is 1. The molecule has 0 saturated carbocycles. The Labute approximate surface area is 119 Å². The maximum absolute atomic E-state index is 13.7. The lowest BCUT2D eigenvalue weighted by atomic mass is 10.1. The van der Waals surface area contributed by atoms with E-state index in [1.165, 1.54) is 36.7 Å². The summed E-state index contributed by atoms with van der Waals surface area (Å²) in [5.74, 6) is -1.27. The molecule has 0 saturated heterocycles. The van der Waals surface area contributed by atoms with E-state index in [4.69, 9.17) is 21.4 Å². The van der Waals surface area contributed by atoms with Gasteiger partial charge in [0, 0.05) is 18.3 Å². The summed E-state index contributed by atoms with van der Waals surface area (Å²) < 4.78 is 19.2. The Hall–Kier alpha value is -2.40. The smallest absolute Gasteiger partial charge is 0.328 e. The fourth-order valence-corrected chi connectivity index (χ4v) is 1.66. The third-order valence-corrected chi connectivity index (χ3v) is 2.52. The van der Waals surface area contributed by atoms with E-state index in [-0.39, 0.29) is 11.3 Å². The van der Waals surface area contributed by atoms with Gasteiger partial charge in [0.25, 0.3) is 0 Å². The van der Waals surface area contributed by atoms with Crippen LogP contribution >= 0.6 is 11.6 Å². The largest absolute Gasteiger partial charge is 0.478 e. The minimum atomic E-state index is -1.18. The minimum Gasteiger partial charge on any atom is -0.478 e. The summed E-state index contributed by atoms with van der Waals surface area (Å²) in [6, 6.07) is 5.71. The maximum Gasteiger partial charge on any atom is 0.328 e. The highest BCUT2D eigenvalue weighted by atomic mass is 35.5. The van der Waals surface area contributed by atoms with Crippen LogP contribution in [0, 0.1) is 5.82 Å². The van der Waals surface area contributed by atoms with Crippen LogP contribution in [-0.4, -0.2) is 16.1 Å². The average molecular weight is 294 g/mol. The highest BCUT2D eigenvalue weighted by molar-refractivity contribution is 6.30. The van der Waals surface area contributed by atoms with E-state index in [0.717, 1.165) is 12.2 Å². The molecule has 1 heterocycles. The molecular formula is C14H9ClFNO3. The Bertz CT molecular complexity index is 673. The summed E-state index contributed by atoms with van der Waals surface area (Å²) in [7, 11) is 0. The van der Waals surface area contributed by atoms with Gasteiger partial charge in [0.05, 0.1) is 16.8 Å². The van der Waals surface area contributed by atoms with E-state index in [9.17, 15) is 9.18 Å². The van der Waals surface area contributed by atoms with Gasteiger partial charge in [0.1, 0.15) is 17.3 Å². The van der Waals surface area contributed by atoms with Crippen molar-refractivity contribution in [3.05, 3.63) is 59.1 Å². The first kappa shape index (κ1) is 14.0. The zero-order valence-electron chi connectivity index (χ0n) is 10.1. The van der Waals surface area contributed by atoms with Crippen molar-refractivity contribution in [1.82, 2.24) is 4.98 Å². The first-order valence-electron chi connectivity index (χ1n) is 5.54. The Morgan fingerprint density at radius 1 is 1.40 bits per heavy atom. The maximum atomic E-state index is 13.7. The number of benzene rings is 1. The number of carbonyl (C=O) groups is 1. The van der Waals surface area contributed by atoms with E-state index in [0.29, 0.717) is 10.8 Å². The van der Waals surface area contributed by atoms with Gasteiger partial charge in [-0.25, -0.2) is 9.18 Å². The predicted octanol–water partition coefficient (Wildman–Crippen LogP) is 3.76. The molecule has 1 N–H and O–H groups in total. The van der Waals surface area contributed by atoms with Crippen molar-refractivity contribution in [3.8, 4) is 11.5 Å². The van der Waals surface area contributed by atoms with Gasteiger partial charge in [0.2, 0.25) is 0 Å². The lowest BCUT2D eigenvalue weighted by Gasteiger charge is -2.09. The molecular weight excluding hydrogens is 285 g/mol. The summed E-state index contributed by atoms with van der Waals surface area (Å²) in [5, 5.41) is 8.98. The monoisotopic (exact) mass is 293 g/mol. The number of carboxylic acids is 1. The lowest BCUT2D eigenvalue weighted by molar-refractivity contribution is -0.131. The summed E-state index contributed by atoms with van der Waals surface area (Å²) >= 11 is 5.78. The molecule has 0 aliphatic rings. The van der Waals surface area contributed by atoms with Crippen molar-refractivity contribution in [2.45, 2.75) is 0 Å². The van der Waals surface area contributed by atoms with Crippen LogP contribution in [0.1, 0.15) is 5.56 Å². The van der Waals surface area contributed by atoms with Crippen LogP contribution in [-0.2, 0) is 4.79 Å². The molecule has 0 aliphatic carbocycles. The molecule has 20 heavy (non-hydrogen) atoms. The van der Waals surface area contributed by atoms with Crippen LogP contribution in [0.15, 0.2) is 42.7 Å². The van der Waals surface area contributed by atoms with Gasteiger partial charge in [-0.2, -0.15) is 0 Å². The van der Waals surface area contributed by atoms with E-state index >= 15 is 0 Å². The Morgan fingerprint density at radius 3 is 2.90 bits per heavy atom. The highest BCUT2D eigenvalue weighted by Gasteiger charge is 2.09. The van der Waals surface area contributed by atoms with Crippen molar-refractivity contribution in [3.63, 3.8) is 0 Å². The molecule has 2 aromatic rings. The van der Waals surface area contributed by atoms with Crippen molar-refractivity contribution >= 4 is 23.6 Å². The van der Waals surface area contributed by atoms with Crippen molar-refractivity contribution < 1.29 is 19.0 Å². The molecule has 0 radical (unpaired) electrons. The molecule has 0 fully saturated rings. The van der Waals surface area contributed by atoms with E-state index in [2.05, 4.69) is 4.98 Å². The number of hydrogen-bond acceptors (Lipinski definition) is 3. The summed E-state index contributed by atoms with van der Waals surface area (Å²) in [5.41, 5.74) is 0.0369. The predicted molar refractivity (Wildman–Crippen MR) is 72.4 cm³/mol. The second-order valence-corrected chi connectivity index (χ2v) is 4.20. The average Bonchev–Trinajstić information content (AvgIpc) is 2.38. The zero-order chi connectivity index (χ0) is 14.5. The summed E-state index contributed by atoms with van der Waals surface area (Å²) in [4.78, 5) is 14.4. The van der Waals surface area contributed by atoms with Gasteiger partial charge in [-0.05, 0) is 18.2 Å². The fourth-order valence-electron chi connectivity index (χ4n) is 1.50.